The number of nitrogens with zero attached hydrogens (tertiary/aromatic N) is 3. The van der Waals surface area contributed by atoms with Gasteiger partial charge in [-0.25, -0.2) is 0 Å². The van der Waals surface area contributed by atoms with Gasteiger partial charge in [0, 0.05) is 49.2 Å². The van der Waals surface area contributed by atoms with Crippen LogP contribution < -0.4 is 14.7 Å². The zero-order chi connectivity index (χ0) is 39.5. The summed E-state index contributed by atoms with van der Waals surface area (Å²) in [4.78, 5) is 7.06. The van der Waals surface area contributed by atoms with Crippen molar-refractivity contribution in [3.05, 3.63) is 235 Å². The highest BCUT2D eigenvalue weighted by atomic mass is 79.9. The monoisotopic (exact) mass is 823 g/mol. The van der Waals surface area contributed by atoms with Crippen molar-refractivity contribution in [2.45, 2.75) is 0 Å². The third-order valence-electron chi connectivity index (χ3n) is 10.6. The van der Waals surface area contributed by atoms with E-state index in [4.69, 9.17) is 4.42 Å². The molecule has 0 saturated heterocycles. The first-order chi connectivity index (χ1) is 29.2. The summed E-state index contributed by atoms with van der Waals surface area (Å²) in [6.45, 7) is 0. The Morgan fingerprint density at radius 1 is 0.305 bits per heavy atom. The van der Waals surface area contributed by atoms with Crippen LogP contribution in [0.3, 0.4) is 0 Å². The molecule has 0 unspecified atom stereocenters. The van der Waals surface area contributed by atoms with Gasteiger partial charge in [0.2, 0.25) is 0 Å². The highest BCUT2D eigenvalue weighted by Gasteiger charge is 2.24. The topological polar surface area (TPSA) is 22.9 Å². The van der Waals surface area contributed by atoms with E-state index in [0.29, 0.717) is 0 Å². The number of furan rings is 1. The number of halogens is 1. The molecule has 59 heavy (non-hydrogen) atoms. The molecule has 0 spiro atoms. The van der Waals surface area contributed by atoms with Crippen molar-refractivity contribution >= 4 is 89.1 Å². The number of benzene rings is 9. The van der Waals surface area contributed by atoms with Gasteiger partial charge in [-0.05, 0) is 109 Å². The average molecular weight is 825 g/mol. The maximum absolute atomic E-state index is 6.42. The Bertz CT molecular complexity index is 2840. The number of hydrogen-bond donors (Lipinski definition) is 0. The fraction of sp³-hybridized carbons (Fsp3) is 0. The largest absolute Gasteiger partial charge is 0.456 e. The Labute approximate surface area is 352 Å². The molecular weight excluding hydrogens is 787 g/mol. The number of hydrogen-bond acceptors (Lipinski definition) is 4. The molecule has 0 bridgehead atoms. The summed E-state index contributed by atoms with van der Waals surface area (Å²) in [6, 6.07) is 81.2. The van der Waals surface area contributed by atoms with E-state index in [1.165, 1.54) is 0 Å². The summed E-state index contributed by atoms with van der Waals surface area (Å²) < 4.78 is 7.41. The van der Waals surface area contributed by atoms with Crippen LogP contribution in [0.4, 0.5) is 51.2 Å². The SMILES string of the molecule is Brc1cccc(N(c2cc(N(c3ccccc3)c3ccccc3)cc(N(c3ccccc3)c3ccccc3)c2)c2ccccc2-c2cccc3oc4ccccc4c23)c1. The van der Waals surface area contributed by atoms with Crippen molar-refractivity contribution in [3.8, 4) is 11.1 Å². The summed E-state index contributed by atoms with van der Waals surface area (Å²) >= 11 is 3.84. The van der Waals surface area contributed by atoms with Crippen LogP contribution in [0.5, 0.6) is 0 Å². The lowest BCUT2D eigenvalue weighted by atomic mass is 9.97. The Morgan fingerprint density at radius 3 is 1.29 bits per heavy atom. The molecule has 1 heterocycles. The van der Waals surface area contributed by atoms with Crippen molar-refractivity contribution in [2.75, 3.05) is 14.7 Å². The fourth-order valence-corrected chi connectivity index (χ4v) is 8.49. The van der Waals surface area contributed by atoms with Gasteiger partial charge >= 0.3 is 0 Å². The lowest BCUT2D eigenvalue weighted by Crippen LogP contribution is -2.16. The van der Waals surface area contributed by atoms with Gasteiger partial charge in [0.15, 0.2) is 0 Å². The Hall–Kier alpha value is -7.34. The van der Waals surface area contributed by atoms with E-state index >= 15 is 0 Å². The molecule has 282 valence electrons. The molecular formula is C54H38BrN3O. The minimum absolute atomic E-state index is 0.861. The van der Waals surface area contributed by atoms with Gasteiger partial charge < -0.3 is 19.1 Å². The smallest absolute Gasteiger partial charge is 0.136 e. The van der Waals surface area contributed by atoms with Gasteiger partial charge in [-0.15, -0.1) is 0 Å². The molecule has 0 amide bonds. The van der Waals surface area contributed by atoms with Crippen LogP contribution in [0.2, 0.25) is 0 Å². The first kappa shape index (κ1) is 36.0. The van der Waals surface area contributed by atoms with Crippen molar-refractivity contribution < 1.29 is 4.42 Å². The van der Waals surface area contributed by atoms with Crippen LogP contribution in [0.15, 0.2) is 239 Å². The Morgan fingerprint density at radius 2 is 0.729 bits per heavy atom. The zero-order valence-corrected chi connectivity index (χ0v) is 33.7. The standard InChI is InChI=1S/C54H38BrN3O/c55-39-19-17-28-44(35-39)58(51-32-15-13-29-48(51)49-31-18-34-53-54(49)50-30-14-16-33-52(50)59-53)47-37-45(56(40-20-5-1-6-21-40)41-22-7-2-8-23-41)36-46(38-47)57(42-24-9-3-10-25-42)43-26-11-4-12-27-43/h1-38H. The quantitative estimate of drug-likeness (QED) is 0.137. The van der Waals surface area contributed by atoms with E-state index in [0.717, 1.165) is 88.7 Å². The lowest BCUT2D eigenvalue weighted by molar-refractivity contribution is 0.669. The van der Waals surface area contributed by atoms with Crippen molar-refractivity contribution in [3.63, 3.8) is 0 Å². The second-order valence-electron chi connectivity index (χ2n) is 14.3. The maximum atomic E-state index is 6.42. The molecule has 0 saturated carbocycles. The van der Waals surface area contributed by atoms with Crippen LogP contribution in [-0.2, 0) is 0 Å². The van der Waals surface area contributed by atoms with E-state index in [1.807, 2.05) is 12.1 Å². The zero-order valence-electron chi connectivity index (χ0n) is 32.1. The van der Waals surface area contributed by atoms with Crippen molar-refractivity contribution in [2.24, 2.45) is 0 Å². The molecule has 9 aromatic carbocycles. The predicted molar refractivity (Wildman–Crippen MR) is 251 cm³/mol. The molecule has 4 nitrogen and oxygen atoms in total. The van der Waals surface area contributed by atoms with Crippen LogP contribution in [-0.4, -0.2) is 0 Å². The Balaban J connectivity index is 1.28. The highest BCUT2D eigenvalue weighted by molar-refractivity contribution is 9.10. The predicted octanol–water partition coefficient (Wildman–Crippen LogP) is 16.4. The molecule has 0 fully saturated rings. The number of rotatable bonds is 10. The average Bonchev–Trinajstić information content (AvgIpc) is 3.68. The van der Waals surface area contributed by atoms with E-state index in [-0.39, 0.29) is 0 Å². The van der Waals surface area contributed by atoms with Gasteiger partial charge in [-0.1, -0.05) is 143 Å². The van der Waals surface area contributed by atoms with E-state index < -0.39 is 0 Å². The molecule has 10 rings (SSSR count). The minimum Gasteiger partial charge on any atom is -0.456 e. The van der Waals surface area contributed by atoms with Gasteiger partial charge in [0.25, 0.3) is 0 Å². The summed E-state index contributed by atoms with van der Waals surface area (Å²) in [5.74, 6) is 0. The van der Waals surface area contributed by atoms with Gasteiger partial charge in [-0.2, -0.15) is 0 Å². The van der Waals surface area contributed by atoms with Crippen LogP contribution in [0.25, 0.3) is 33.1 Å². The lowest BCUT2D eigenvalue weighted by Gasteiger charge is -2.33. The Kier molecular flexibility index (Phi) is 9.71. The first-order valence-corrected chi connectivity index (χ1v) is 20.5. The first-order valence-electron chi connectivity index (χ1n) is 19.7. The summed E-state index contributed by atoms with van der Waals surface area (Å²) in [7, 11) is 0. The molecule has 5 heteroatoms. The second kappa shape index (κ2) is 15.9. The molecule has 0 aliphatic carbocycles. The van der Waals surface area contributed by atoms with Gasteiger partial charge in [0.05, 0.1) is 22.7 Å². The third kappa shape index (κ3) is 7.03. The molecule has 0 N–H and O–H groups in total. The van der Waals surface area contributed by atoms with E-state index in [1.54, 1.807) is 0 Å². The third-order valence-corrected chi connectivity index (χ3v) is 11.1. The second-order valence-corrected chi connectivity index (χ2v) is 15.2. The van der Waals surface area contributed by atoms with Crippen LogP contribution in [0, 0.1) is 0 Å². The van der Waals surface area contributed by atoms with Crippen molar-refractivity contribution in [1.82, 2.24) is 0 Å². The van der Waals surface area contributed by atoms with Gasteiger partial charge in [-0.3, -0.25) is 0 Å². The van der Waals surface area contributed by atoms with E-state index in [2.05, 4.69) is 249 Å². The summed E-state index contributed by atoms with van der Waals surface area (Å²) in [5, 5.41) is 2.19. The molecule has 0 radical (unpaired) electrons. The number of anilines is 9. The van der Waals surface area contributed by atoms with E-state index in [9.17, 15) is 0 Å². The highest BCUT2D eigenvalue weighted by Crippen LogP contribution is 2.49. The molecule has 1 aromatic heterocycles. The number of para-hydroxylation sites is 6. The molecule has 10 aromatic rings. The van der Waals surface area contributed by atoms with Crippen molar-refractivity contribution in [1.29, 1.82) is 0 Å². The summed E-state index contributed by atoms with van der Waals surface area (Å²) in [6.07, 6.45) is 0. The minimum atomic E-state index is 0.861. The van der Waals surface area contributed by atoms with Crippen LogP contribution in [0.1, 0.15) is 0 Å². The molecule has 0 atom stereocenters. The fourth-order valence-electron chi connectivity index (χ4n) is 8.11. The number of fused-ring (bicyclic) bond motifs is 3. The molecule has 0 aliphatic heterocycles. The molecule has 0 aliphatic rings. The maximum Gasteiger partial charge on any atom is 0.136 e. The van der Waals surface area contributed by atoms with Crippen LogP contribution >= 0.6 is 15.9 Å². The normalized spacial score (nSPS) is 11.1. The van der Waals surface area contributed by atoms with Gasteiger partial charge in [0.1, 0.15) is 11.2 Å². The summed E-state index contributed by atoms with van der Waals surface area (Å²) in [5.41, 5.74) is 13.2.